The van der Waals surface area contributed by atoms with Gasteiger partial charge in [0, 0.05) is 22.6 Å². The van der Waals surface area contributed by atoms with E-state index >= 15 is 0 Å². The monoisotopic (exact) mass is 231 g/mol. The molecule has 13 heavy (non-hydrogen) atoms. The Kier molecular flexibility index (Phi) is 11.2. The molecule has 0 heterocycles. The highest BCUT2D eigenvalue weighted by Crippen LogP contribution is 2.30. The summed E-state index contributed by atoms with van der Waals surface area (Å²) in [4.78, 5) is 25.4. The maximum absolute atomic E-state index is 10.1. The van der Waals surface area contributed by atoms with E-state index in [1.54, 1.807) is 7.05 Å². The first kappa shape index (κ1) is 15.0. The number of hydrogen-bond donors (Lipinski definition) is 3. The molecule has 0 saturated heterocycles. The van der Waals surface area contributed by atoms with Gasteiger partial charge in [0.05, 0.1) is 0 Å². The van der Waals surface area contributed by atoms with Gasteiger partial charge in [-0.15, -0.1) is 9.79 Å². The second-order valence-corrected chi connectivity index (χ2v) is 3.19. The molecule has 0 aromatic rings. The van der Waals surface area contributed by atoms with Crippen LogP contribution in [0.4, 0.5) is 0 Å². The Morgan fingerprint density at radius 1 is 1.38 bits per heavy atom. The fourth-order valence-electron chi connectivity index (χ4n) is 0.237. The molecule has 3 N–H and O–H groups in total. The third-order valence-electron chi connectivity index (χ3n) is 0.740. The van der Waals surface area contributed by atoms with Crippen molar-refractivity contribution in [2.24, 2.45) is 0 Å². The molecule has 0 fully saturated rings. The van der Waals surface area contributed by atoms with E-state index in [-0.39, 0.29) is 5.91 Å². The van der Waals surface area contributed by atoms with Crippen LogP contribution >= 0.6 is 16.5 Å². The predicted molar refractivity (Wildman–Crippen MR) is 45.1 cm³/mol. The molecule has 0 bridgehead atoms. The van der Waals surface area contributed by atoms with E-state index in [4.69, 9.17) is 9.79 Å². The molecular formula is C4H11NO6P2+2. The first-order chi connectivity index (χ1) is 5.93. The second-order valence-electron chi connectivity index (χ2n) is 1.58. The lowest BCUT2D eigenvalue weighted by molar-refractivity contribution is -0.120. The molecule has 0 spiro atoms. The van der Waals surface area contributed by atoms with Crippen LogP contribution in [-0.4, -0.2) is 22.7 Å². The lowest BCUT2D eigenvalue weighted by Crippen LogP contribution is -2.15. The van der Waals surface area contributed by atoms with Crippen LogP contribution in [0, 0.1) is 0 Å². The van der Waals surface area contributed by atoms with Gasteiger partial charge in [0.1, 0.15) is 0 Å². The highest BCUT2D eigenvalue weighted by atomic mass is 31.2. The van der Waals surface area contributed by atoms with Crippen molar-refractivity contribution in [1.29, 1.82) is 0 Å². The van der Waals surface area contributed by atoms with Gasteiger partial charge in [-0.25, -0.2) is 0 Å². The van der Waals surface area contributed by atoms with E-state index in [1.807, 2.05) is 6.92 Å². The van der Waals surface area contributed by atoms with Gasteiger partial charge in [0.15, 0.2) is 4.31 Å². The maximum Gasteiger partial charge on any atom is 0.745 e. The first-order valence-corrected chi connectivity index (χ1v) is 5.41. The Balaban J connectivity index is 0. The van der Waals surface area contributed by atoms with Crippen LogP contribution in [0.3, 0.4) is 0 Å². The van der Waals surface area contributed by atoms with Crippen molar-refractivity contribution in [2.75, 3.05) is 7.05 Å². The fraction of sp³-hybridized carbons (Fsp3) is 0.750. The third kappa shape index (κ3) is 18.5. The molecule has 0 saturated carbocycles. The Morgan fingerprint density at radius 3 is 1.77 bits per heavy atom. The van der Waals surface area contributed by atoms with Crippen molar-refractivity contribution in [3.8, 4) is 0 Å². The highest BCUT2D eigenvalue weighted by molar-refractivity contribution is 7.46. The summed E-state index contributed by atoms with van der Waals surface area (Å²) < 4.78 is 22.2. The number of rotatable bonds is 3. The average Bonchev–Trinajstić information content (AvgIpc) is 2.01. The molecule has 0 aromatic heterocycles. The predicted octanol–water partition coefficient (Wildman–Crippen LogP) is 0.445. The number of amides is 1. The molecule has 9 heteroatoms. The molecule has 0 aromatic carbocycles. The van der Waals surface area contributed by atoms with Crippen molar-refractivity contribution in [3.05, 3.63) is 0 Å². The molecule has 76 valence electrons. The van der Waals surface area contributed by atoms with E-state index in [0.717, 1.165) is 0 Å². The lowest BCUT2D eigenvalue weighted by atomic mass is 10.5. The Bertz CT molecular complexity index is 177. The molecule has 2 atom stereocenters. The normalized spacial score (nSPS) is 10.8. The van der Waals surface area contributed by atoms with E-state index < -0.39 is 16.5 Å². The largest absolute Gasteiger partial charge is 0.745 e. The van der Waals surface area contributed by atoms with Crippen molar-refractivity contribution in [2.45, 2.75) is 13.3 Å². The van der Waals surface area contributed by atoms with E-state index in [1.165, 1.54) is 0 Å². The van der Waals surface area contributed by atoms with E-state index in [2.05, 4.69) is 9.63 Å². The van der Waals surface area contributed by atoms with Gasteiger partial charge >= 0.3 is 16.5 Å². The third-order valence-corrected chi connectivity index (χ3v) is 1.86. The molecule has 0 radical (unpaired) electrons. The standard InChI is InChI=1S/C4H9NO.O5P2/c1-3-4(6)5-2;1-6(2)5-7(3)4/h3H2,1-2H3,(H,5,6);/p+2. The van der Waals surface area contributed by atoms with Crippen LogP contribution in [0.5, 0.6) is 0 Å². The molecular weight excluding hydrogens is 220 g/mol. The topological polar surface area (TPSA) is 113 Å². The zero-order chi connectivity index (χ0) is 10.9. The zero-order valence-corrected chi connectivity index (χ0v) is 8.92. The molecule has 1 amide bonds. The quantitative estimate of drug-likeness (QED) is 0.607. The maximum atomic E-state index is 10.1. The van der Waals surface area contributed by atoms with E-state index in [0.29, 0.717) is 6.42 Å². The SMILES string of the molecule is CCC(=O)NC.O=[P+](O)O[P+](=O)O. The van der Waals surface area contributed by atoms with Crippen LogP contribution < -0.4 is 5.32 Å². The van der Waals surface area contributed by atoms with Crippen LogP contribution in [0.2, 0.25) is 0 Å². The molecule has 0 rings (SSSR count). The van der Waals surface area contributed by atoms with Crippen molar-refractivity contribution in [3.63, 3.8) is 0 Å². The Labute approximate surface area is 77.0 Å². The molecule has 0 aliphatic heterocycles. The van der Waals surface area contributed by atoms with Crippen molar-refractivity contribution >= 4 is 22.4 Å². The summed E-state index contributed by atoms with van der Waals surface area (Å²) in [5.41, 5.74) is 0. The van der Waals surface area contributed by atoms with Gasteiger partial charge in [-0.1, -0.05) is 6.92 Å². The van der Waals surface area contributed by atoms with Gasteiger partial charge in [0.2, 0.25) is 5.91 Å². The fourth-order valence-corrected chi connectivity index (χ4v) is 0.715. The summed E-state index contributed by atoms with van der Waals surface area (Å²) in [5.74, 6) is 0.0926. The first-order valence-electron chi connectivity index (χ1n) is 3.15. The molecule has 7 nitrogen and oxygen atoms in total. The van der Waals surface area contributed by atoms with Crippen molar-refractivity contribution < 1.29 is 28.0 Å². The van der Waals surface area contributed by atoms with Crippen LogP contribution in [0.15, 0.2) is 0 Å². The number of hydrogen-bond acceptors (Lipinski definition) is 4. The number of carbonyl (C=O) groups excluding carboxylic acids is 1. The summed E-state index contributed by atoms with van der Waals surface area (Å²) in [7, 11) is -4.22. The van der Waals surface area contributed by atoms with Crippen molar-refractivity contribution in [1.82, 2.24) is 5.32 Å². The summed E-state index contributed by atoms with van der Waals surface area (Å²) in [6, 6.07) is 0. The summed E-state index contributed by atoms with van der Waals surface area (Å²) in [5, 5.41) is 2.48. The minimum Gasteiger partial charge on any atom is -0.359 e. The minimum atomic E-state index is -2.92. The van der Waals surface area contributed by atoms with Gasteiger partial charge in [-0.05, 0) is 0 Å². The zero-order valence-electron chi connectivity index (χ0n) is 7.13. The minimum absolute atomic E-state index is 0.0926. The lowest BCUT2D eigenvalue weighted by Gasteiger charge is -1.87. The smallest absolute Gasteiger partial charge is 0.359 e. The van der Waals surface area contributed by atoms with Crippen LogP contribution in [-0.2, 0) is 18.2 Å². The second kappa shape index (κ2) is 9.64. The summed E-state index contributed by atoms with van der Waals surface area (Å²) >= 11 is 0. The highest BCUT2D eigenvalue weighted by Gasteiger charge is 2.31. The van der Waals surface area contributed by atoms with Crippen LogP contribution in [0.25, 0.3) is 0 Å². The molecule has 2 unspecified atom stereocenters. The Hall–Kier alpha value is -0.450. The average molecular weight is 231 g/mol. The van der Waals surface area contributed by atoms with Gasteiger partial charge < -0.3 is 5.32 Å². The van der Waals surface area contributed by atoms with E-state index in [9.17, 15) is 13.9 Å². The summed E-state index contributed by atoms with van der Waals surface area (Å²) in [6.07, 6.45) is 0.580. The molecule has 0 aliphatic rings. The summed E-state index contributed by atoms with van der Waals surface area (Å²) in [6.45, 7) is 1.82. The molecule has 0 aliphatic carbocycles. The van der Waals surface area contributed by atoms with Gasteiger partial charge in [0.25, 0.3) is 0 Å². The van der Waals surface area contributed by atoms with Crippen LogP contribution in [0.1, 0.15) is 13.3 Å². The number of nitrogens with one attached hydrogen (secondary N) is 1. The van der Waals surface area contributed by atoms with Gasteiger partial charge in [-0.2, -0.15) is 0 Å². The van der Waals surface area contributed by atoms with Gasteiger partial charge in [-0.3, -0.25) is 4.79 Å². The number of carbonyl (C=O) groups is 1. The Morgan fingerprint density at radius 2 is 1.77 bits per heavy atom.